The Balaban J connectivity index is 0.00000142. The number of nitrogens with zero attached hydrogens (tertiary/aromatic N) is 2. The fourth-order valence-corrected chi connectivity index (χ4v) is 13.2. The Morgan fingerprint density at radius 3 is 1.16 bits per heavy atom. The van der Waals surface area contributed by atoms with Crippen molar-refractivity contribution in [3.8, 4) is 0 Å². The summed E-state index contributed by atoms with van der Waals surface area (Å²) in [7, 11) is 19.2. The number of aromatic nitrogens is 2. The summed E-state index contributed by atoms with van der Waals surface area (Å²) in [5, 5.41) is 33.8. The van der Waals surface area contributed by atoms with Gasteiger partial charge in [0.15, 0.2) is 0 Å². The summed E-state index contributed by atoms with van der Waals surface area (Å²) in [4.78, 5) is 37.7. The molecule has 4 aliphatic carbocycles. The van der Waals surface area contributed by atoms with Crippen molar-refractivity contribution in [2.75, 3.05) is 57.4 Å². The number of carbonyl (C=O) groups is 2. The molecule has 0 aromatic carbocycles. The summed E-state index contributed by atoms with van der Waals surface area (Å²) < 4.78 is 10.8. The molecule has 74 heavy (non-hydrogen) atoms. The fraction of sp³-hybridized carbons (Fsp3) is 0.765. The third-order valence-corrected chi connectivity index (χ3v) is 17.0. The van der Waals surface area contributed by atoms with Gasteiger partial charge in [-0.15, -0.1) is 23.5 Å². The van der Waals surface area contributed by atoms with E-state index in [-0.39, 0.29) is 45.5 Å². The van der Waals surface area contributed by atoms with E-state index in [9.17, 15) is 9.59 Å². The minimum atomic E-state index is -0.503. The fourth-order valence-electron chi connectivity index (χ4n) is 11.4. The van der Waals surface area contributed by atoms with E-state index in [2.05, 4.69) is 72.1 Å². The Hall–Kier alpha value is -0.381. The number of esters is 1. The molecule has 2 aliphatic heterocycles. The third-order valence-electron chi connectivity index (χ3n) is 14.9. The molecule has 2 aromatic heterocycles. The molecule has 420 valence electrons. The van der Waals surface area contributed by atoms with Crippen LogP contribution in [0.4, 0.5) is 4.79 Å². The van der Waals surface area contributed by atoms with Crippen molar-refractivity contribution in [3.05, 3.63) is 47.0 Å². The van der Waals surface area contributed by atoms with E-state index in [1.807, 2.05) is 0 Å². The van der Waals surface area contributed by atoms with E-state index in [0.717, 1.165) is 85.8 Å². The van der Waals surface area contributed by atoms with Crippen molar-refractivity contribution in [3.63, 3.8) is 0 Å². The van der Waals surface area contributed by atoms with E-state index >= 15 is 0 Å². The second-order valence-electron chi connectivity index (χ2n) is 20.1. The number of rotatable bonds is 12. The van der Waals surface area contributed by atoms with Gasteiger partial charge in [-0.05, 0) is 87.8 Å². The monoisotopic (exact) mass is 1230 g/mol. The quantitative estimate of drug-likeness (QED) is 0.0429. The summed E-state index contributed by atoms with van der Waals surface area (Å²) in [5.74, 6) is 1.22. The first-order chi connectivity index (χ1) is 36.3. The Morgan fingerprint density at radius 2 is 0.811 bits per heavy atom. The van der Waals surface area contributed by atoms with Crippen LogP contribution in [0.15, 0.2) is 34.1 Å². The first kappa shape index (κ1) is 62.8. The molecule has 9 N–H and O–H groups in total. The van der Waals surface area contributed by atoms with Gasteiger partial charge in [-0.2, -0.15) is 0 Å². The number of alkyl carbamates (subject to hydrolysis) is 1. The van der Waals surface area contributed by atoms with Crippen LogP contribution in [0.1, 0.15) is 138 Å². The van der Waals surface area contributed by atoms with Gasteiger partial charge < -0.3 is 57.3 Å². The molecule has 0 saturated heterocycles. The first-order valence-electron chi connectivity index (χ1n) is 27.3. The van der Waals surface area contributed by atoms with Crippen molar-refractivity contribution in [2.45, 2.75) is 200 Å². The van der Waals surface area contributed by atoms with E-state index in [1.165, 1.54) is 108 Å². The second kappa shape index (κ2) is 37.5. The van der Waals surface area contributed by atoms with Crippen LogP contribution in [-0.4, -0.2) is 128 Å². The van der Waals surface area contributed by atoms with E-state index in [4.69, 9.17) is 59.8 Å². The molecule has 4 saturated carbocycles. The summed E-state index contributed by atoms with van der Waals surface area (Å²) in [6.07, 6.45) is 20.3. The summed E-state index contributed by atoms with van der Waals surface area (Å²) in [6, 6.07) is 12.6. The molecule has 4 bridgehead atoms. The van der Waals surface area contributed by atoms with Gasteiger partial charge in [0.1, 0.15) is 13.2 Å². The molecule has 15 nitrogen and oxygen atoms in total. The van der Waals surface area contributed by atoms with Gasteiger partial charge in [0.25, 0.3) is 0 Å². The molecule has 0 radical (unpaired) electrons. The molecular formula is C51H83Cl4Mn2N11O4S2. The molecule has 1 amide bonds. The maximum absolute atomic E-state index is 12.6. The number of halogens is 4. The van der Waals surface area contributed by atoms with Crippen molar-refractivity contribution in [1.29, 1.82) is 0 Å². The standard InChI is InChI=1S/C51H83N11O4S2.4ClH.2Mn/c63-50(18-9-26-67-40-28-36-32-57-46-14-5-1-10-42(46)52-19-20-53-43-11-2-6-15-47(43)58-33-37(29-40)61-36)65-24-25-66-51(64)56-23-27-68-41-30-38-34-59-48-16-7-3-12-44(48)54-21-22-55-45-13-4-8-17-49(45)60-35-39(31-41)62-38;;;;;;/h28-31,42-49,52-55,57-60H,1-27,32-35H2,(H,56,64);4*1H;;/q;;;;;2*+2/p-4/t42-,43-,44-,45-,46-,47-,48-,49-;;;;;;/m1....../s1. The summed E-state index contributed by atoms with van der Waals surface area (Å²) in [6.45, 7) is 7.50. The zero-order chi connectivity index (χ0) is 52.0. The Bertz CT molecular complexity index is 1690. The number of fused-ring (bicyclic) bond motifs is 8. The number of amides is 1. The average Bonchev–Trinajstić information content (AvgIpc) is 3.42. The second-order valence-corrected chi connectivity index (χ2v) is 26.3. The maximum atomic E-state index is 12.6. The van der Waals surface area contributed by atoms with Crippen LogP contribution >= 0.6 is 63.9 Å². The zero-order valence-corrected chi connectivity index (χ0v) is 50.0. The number of hydrogen-bond acceptors (Lipinski definition) is 16. The van der Waals surface area contributed by atoms with Gasteiger partial charge in [-0.1, -0.05) is 51.4 Å². The van der Waals surface area contributed by atoms with Crippen molar-refractivity contribution in [1.82, 2.24) is 57.8 Å². The normalized spacial score (nSPS) is 27.0. The Kier molecular flexibility index (Phi) is 31.9. The number of carbonyl (C=O) groups excluding carboxylic acids is 2. The molecule has 8 rings (SSSR count). The molecule has 2 aromatic rings. The topological polar surface area (TPSA) is 187 Å². The van der Waals surface area contributed by atoms with Crippen LogP contribution in [0.3, 0.4) is 0 Å². The van der Waals surface area contributed by atoms with Crippen molar-refractivity contribution in [2.24, 2.45) is 0 Å². The minimum absolute atomic E-state index is 0.00694. The molecule has 23 heteroatoms. The van der Waals surface area contributed by atoms with Crippen LogP contribution in [0.25, 0.3) is 0 Å². The Labute approximate surface area is 479 Å². The predicted molar refractivity (Wildman–Crippen MR) is 296 cm³/mol. The zero-order valence-electron chi connectivity index (χ0n) is 43.0. The third kappa shape index (κ3) is 23.8. The molecule has 6 aliphatic rings. The first-order valence-corrected chi connectivity index (χ1v) is 35.7. The molecule has 4 fully saturated rings. The van der Waals surface area contributed by atoms with Gasteiger partial charge >= 0.3 is 78.7 Å². The molecule has 0 unspecified atom stereocenters. The molecule has 8 atom stereocenters. The van der Waals surface area contributed by atoms with Crippen molar-refractivity contribution < 1.29 is 45.3 Å². The van der Waals surface area contributed by atoms with Gasteiger partial charge in [0, 0.05) is 129 Å². The van der Waals surface area contributed by atoms with E-state index in [1.54, 1.807) is 23.5 Å². The van der Waals surface area contributed by atoms with E-state index < -0.39 is 6.09 Å². The molecule has 0 spiro atoms. The van der Waals surface area contributed by atoms with E-state index in [0.29, 0.717) is 73.5 Å². The number of hydrogen-bond donors (Lipinski definition) is 9. The van der Waals surface area contributed by atoms with Gasteiger partial charge in [-0.3, -0.25) is 14.8 Å². The average molecular weight is 1230 g/mol. The molecular weight excluding hydrogens is 1150 g/mol. The Morgan fingerprint density at radius 1 is 0.500 bits per heavy atom. The summed E-state index contributed by atoms with van der Waals surface area (Å²) in [5.41, 5.74) is 4.27. The van der Waals surface area contributed by atoms with Crippen LogP contribution < -0.4 is 47.9 Å². The van der Waals surface area contributed by atoms with Gasteiger partial charge in [-0.25, -0.2) is 4.79 Å². The number of pyridine rings is 2. The van der Waals surface area contributed by atoms with Gasteiger partial charge in [0.2, 0.25) is 0 Å². The SMILES string of the molecule is O=C(CCCSc1cc2nc(c1)CN[C@@H]1CCCC[C@H]1NCCN[C@@H]1CCCC[C@H]1NC2)OCCOC(=O)NCCSc1cc2nc(c1)CN[C@@H]1CCCC[C@H]1NCCN[C@@H]1CCCC[C@H]1NC2.[Cl][Mn][Cl].[Cl][Mn][Cl]. The molecule has 4 heterocycles. The van der Waals surface area contributed by atoms with Crippen molar-refractivity contribution >= 4 is 76.0 Å². The summed E-state index contributed by atoms with van der Waals surface area (Å²) >= 11 is 3.51. The van der Waals surface area contributed by atoms with Crippen LogP contribution in [0, 0.1) is 0 Å². The van der Waals surface area contributed by atoms with Crippen LogP contribution in [-0.2, 0) is 66.7 Å². The number of ether oxygens (including phenoxy) is 2. The van der Waals surface area contributed by atoms with Gasteiger partial charge in [0.05, 0.1) is 22.8 Å². The van der Waals surface area contributed by atoms with Crippen LogP contribution in [0.2, 0.25) is 0 Å². The number of nitrogens with one attached hydrogen (secondary N) is 9. The van der Waals surface area contributed by atoms with Crippen LogP contribution in [0.5, 0.6) is 0 Å². The predicted octanol–water partition coefficient (Wildman–Crippen LogP) is 8.15. The number of thioether (sulfide) groups is 2.